The minimum Gasteiger partial charge on any atom is -0.359 e. The highest BCUT2D eigenvalue weighted by Crippen LogP contribution is 2.21. The van der Waals surface area contributed by atoms with E-state index in [1.807, 2.05) is 94.0 Å². The molecule has 0 atom stereocenters. The Balaban J connectivity index is 0.000000595. The summed E-state index contributed by atoms with van der Waals surface area (Å²) < 4.78 is 2.03. The first-order valence-corrected chi connectivity index (χ1v) is 17.0. The van der Waals surface area contributed by atoms with Crippen molar-refractivity contribution in [2.45, 2.75) is 54.1 Å². The van der Waals surface area contributed by atoms with Crippen molar-refractivity contribution in [2.24, 2.45) is 0 Å². The fraction of sp³-hybridized carbons (Fsp3) is 0.333. The molecule has 46 heavy (non-hydrogen) atoms. The fourth-order valence-electron chi connectivity index (χ4n) is 3.91. The van der Waals surface area contributed by atoms with Gasteiger partial charge in [-0.25, -0.2) is 0 Å². The van der Waals surface area contributed by atoms with Gasteiger partial charge in [-0.3, -0.25) is 9.59 Å². The van der Waals surface area contributed by atoms with Gasteiger partial charge in [-0.2, -0.15) is 0 Å². The molecule has 0 fully saturated rings. The van der Waals surface area contributed by atoms with Crippen LogP contribution in [0.2, 0.25) is 0 Å². The minimum absolute atomic E-state index is 0.732. The predicted octanol–water partition coefficient (Wildman–Crippen LogP) is 8.17. The molecule has 0 aliphatic carbocycles. The smallest absolute Gasteiger partial charge is 0.207 e. The number of anilines is 1. The Morgan fingerprint density at radius 3 is 1.83 bits per heavy atom. The number of rotatable bonds is 12. The summed E-state index contributed by atoms with van der Waals surface area (Å²) in [6.07, 6.45) is 4.58. The van der Waals surface area contributed by atoms with Gasteiger partial charge in [0.2, 0.25) is 6.41 Å². The Labute approximate surface area is 283 Å². The van der Waals surface area contributed by atoms with Crippen LogP contribution < -0.4 is 20.3 Å². The van der Waals surface area contributed by atoms with Crippen molar-refractivity contribution in [1.29, 1.82) is 0 Å². The zero-order valence-electron chi connectivity index (χ0n) is 29.2. The van der Waals surface area contributed by atoms with E-state index >= 15 is 0 Å². The van der Waals surface area contributed by atoms with Crippen molar-refractivity contribution >= 4 is 30.3 Å². The Morgan fingerprint density at radius 2 is 1.30 bits per heavy atom. The standard InChI is InChI=1S/C12H18N2O.C10H13NOS.C8H11N.C7H8.C2H6/c1-11-4-2-5-12(8-11)9-13-6-3-7-14-10-15;1-8-4-9(7-12)6-10(5-8)11(2)13-3;1-9-7-8-5-3-2-4-6-8;1-7-5-3-2-4-6-7;1-2/h2,4-5,8,10,13H,3,6-7,9H2,1H3,(H,14,15);4-7H,1-3H3;2-6,9H,7H2,1H3;2-6H,1H3;1-2H3. The van der Waals surface area contributed by atoms with Crippen molar-refractivity contribution in [3.63, 3.8) is 0 Å². The van der Waals surface area contributed by atoms with Gasteiger partial charge in [-0.1, -0.05) is 122 Å². The molecule has 0 saturated carbocycles. The summed E-state index contributed by atoms with van der Waals surface area (Å²) in [5.74, 6) is 0. The van der Waals surface area contributed by atoms with Crippen LogP contribution in [-0.4, -0.2) is 46.1 Å². The number of nitrogens with zero attached hydrogens (tertiary/aromatic N) is 1. The minimum atomic E-state index is 0.732. The van der Waals surface area contributed by atoms with Crippen LogP contribution in [-0.2, 0) is 17.9 Å². The summed E-state index contributed by atoms with van der Waals surface area (Å²) >= 11 is 1.62. The second-order valence-corrected chi connectivity index (χ2v) is 11.1. The average molecular weight is 645 g/mol. The van der Waals surface area contributed by atoms with E-state index in [-0.39, 0.29) is 0 Å². The van der Waals surface area contributed by atoms with Gasteiger partial charge in [-0.05, 0) is 75.7 Å². The lowest BCUT2D eigenvalue weighted by Crippen LogP contribution is -2.20. The molecule has 1 amide bonds. The van der Waals surface area contributed by atoms with Crippen LogP contribution in [0.25, 0.3) is 0 Å². The molecular weight excluding hydrogens is 589 g/mol. The molecule has 0 aliphatic rings. The number of benzene rings is 4. The second kappa shape index (κ2) is 28.6. The molecule has 6 nitrogen and oxygen atoms in total. The summed E-state index contributed by atoms with van der Waals surface area (Å²) in [6.45, 7) is 13.7. The summed E-state index contributed by atoms with van der Waals surface area (Å²) in [5, 5.41) is 9.05. The van der Waals surface area contributed by atoms with Crippen LogP contribution in [0.4, 0.5) is 5.69 Å². The summed E-state index contributed by atoms with van der Waals surface area (Å²) in [7, 11) is 3.93. The zero-order valence-corrected chi connectivity index (χ0v) is 30.0. The SMILES string of the molecule is CC.CNCc1ccccc1.CSN(C)c1cc(C)cc(C=O)c1.Cc1cccc(CNCCCNC=O)c1.Cc1ccccc1. The number of aldehydes is 1. The molecule has 7 heteroatoms. The molecule has 4 rings (SSSR count). The lowest BCUT2D eigenvalue weighted by atomic mass is 10.1. The van der Waals surface area contributed by atoms with E-state index in [2.05, 4.69) is 84.4 Å². The topological polar surface area (TPSA) is 73.5 Å². The maximum absolute atomic E-state index is 10.6. The monoisotopic (exact) mass is 644 g/mol. The van der Waals surface area contributed by atoms with E-state index in [4.69, 9.17) is 0 Å². The third kappa shape index (κ3) is 21.7. The second-order valence-electron chi connectivity index (χ2n) is 10.2. The van der Waals surface area contributed by atoms with Crippen LogP contribution in [0.3, 0.4) is 0 Å². The third-order valence-electron chi connectivity index (χ3n) is 6.19. The molecule has 3 N–H and O–H groups in total. The first-order chi connectivity index (χ1) is 22.3. The molecule has 250 valence electrons. The van der Waals surface area contributed by atoms with Gasteiger partial charge in [0.05, 0.1) is 0 Å². The van der Waals surface area contributed by atoms with Gasteiger partial charge in [0.15, 0.2) is 0 Å². The number of carbonyl (C=O) groups is 2. The maximum Gasteiger partial charge on any atom is 0.207 e. The van der Waals surface area contributed by atoms with E-state index in [0.717, 1.165) is 62.1 Å². The summed E-state index contributed by atoms with van der Waals surface area (Å²) in [4.78, 5) is 20.6. The average Bonchev–Trinajstić information content (AvgIpc) is 3.08. The zero-order chi connectivity index (χ0) is 34.4. The molecule has 0 heterocycles. The Hall–Kier alpha value is -3.91. The van der Waals surface area contributed by atoms with Crippen molar-refractivity contribution in [3.8, 4) is 0 Å². The van der Waals surface area contributed by atoms with E-state index in [0.29, 0.717) is 0 Å². The molecule has 0 bridgehead atoms. The molecule has 4 aromatic carbocycles. The highest BCUT2D eigenvalue weighted by Gasteiger charge is 2.01. The van der Waals surface area contributed by atoms with E-state index in [9.17, 15) is 9.59 Å². The first-order valence-electron chi connectivity index (χ1n) is 15.8. The number of aryl methyl sites for hydroxylation is 3. The largest absolute Gasteiger partial charge is 0.359 e. The van der Waals surface area contributed by atoms with Crippen LogP contribution in [0, 0.1) is 20.8 Å². The lowest BCUT2D eigenvalue weighted by molar-refractivity contribution is -0.109. The maximum atomic E-state index is 10.6. The molecule has 4 aromatic rings. The normalized spacial score (nSPS) is 9.30. The van der Waals surface area contributed by atoms with Gasteiger partial charge < -0.3 is 20.3 Å². The highest BCUT2D eigenvalue weighted by atomic mass is 32.2. The molecule has 0 saturated heterocycles. The van der Waals surface area contributed by atoms with Gasteiger partial charge in [0.25, 0.3) is 0 Å². The first kappa shape index (κ1) is 42.1. The van der Waals surface area contributed by atoms with E-state index in [1.54, 1.807) is 11.9 Å². The fourth-order valence-corrected chi connectivity index (χ4v) is 4.23. The molecular formula is C39H56N4O2S. The summed E-state index contributed by atoms with van der Waals surface area (Å²) in [6, 6.07) is 34.9. The molecule has 0 spiro atoms. The summed E-state index contributed by atoms with van der Waals surface area (Å²) in [5.41, 5.74) is 8.16. The van der Waals surface area contributed by atoms with Gasteiger partial charge >= 0.3 is 0 Å². The van der Waals surface area contributed by atoms with Crippen molar-refractivity contribution in [3.05, 3.63) is 137 Å². The van der Waals surface area contributed by atoms with E-state index in [1.165, 1.54) is 22.3 Å². The van der Waals surface area contributed by atoms with Gasteiger partial charge in [0.1, 0.15) is 6.29 Å². The van der Waals surface area contributed by atoms with Crippen molar-refractivity contribution in [2.75, 3.05) is 37.7 Å². The van der Waals surface area contributed by atoms with Crippen LogP contribution in [0.15, 0.2) is 103 Å². The lowest BCUT2D eigenvalue weighted by Gasteiger charge is -2.16. The number of hydrogen-bond acceptors (Lipinski definition) is 6. The Bertz CT molecular complexity index is 1300. The van der Waals surface area contributed by atoms with Gasteiger partial charge in [-0.15, -0.1) is 0 Å². The molecule has 0 aromatic heterocycles. The predicted molar refractivity (Wildman–Crippen MR) is 202 cm³/mol. The molecule has 0 radical (unpaired) electrons. The van der Waals surface area contributed by atoms with Gasteiger partial charge in [0, 0.05) is 44.2 Å². The number of amides is 1. The number of carbonyl (C=O) groups excluding carboxylic acids is 2. The van der Waals surface area contributed by atoms with Crippen LogP contribution >= 0.6 is 11.9 Å². The van der Waals surface area contributed by atoms with Crippen molar-refractivity contribution < 1.29 is 9.59 Å². The third-order valence-corrected chi connectivity index (χ3v) is 6.95. The highest BCUT2D eigenvalue weighted by molar-refractivity contribution is 7.99. The number of hydrogen-bond donors (Lipinski definition) is 3. The molecule has 0 unspecified atom stereocenters. The Kier molecular flexibility index (Phi) is 26.1. The number of nitrogens with one attached hydrogen (secondary N) is 3. The van der Waals surface area contributed by atoms with Crippen LogP contribution in [0.5, 0.6) is 0 Å². The Morgan fingerprint density at radius 1 is 0.696 bits per heavy atom. The quantitative estimate of drug-likeness (QED) is 0.0821. The van der Waals surface area contributed by atoms with Crippen LogP contribution in [0.1, 0.15) is 58.4 Å². The molecule has 0 aliphatic heterocycles. The van der Waals surface area contributed by atoms with Crippen molar-refractivity contribution in [1.82, 2.24) is 16.0 Å². The van der Waals surface area contributed by atoms with E-state index < -0.39 is 0 Å².